The van der Waals surface area contributed by atoms with Gasteiger partial charge in [0.05, 0.1) is 32.7 Å². The summed E-state index contributed by atoms with van der Waals surface area (Å²) in [6.45, 7) is 14.8. The zero-order chi connectivity index (χ0) is 55.3. The number of unbranched alkanes of at least 4 members (excludes halogenated alkanes) is 21. The summed E-state index contributed by atoms with van der Waals surface area (Å²) in [5, 5.41) is 0. The number of amides is 6. The quantitative estimate of drug-likeness (QED) is 0.0571. The van der Waals surface area contributed by atoms with E-state index in [0.29, 0.717) is 52.1 Å². The summed E-state index contributed by atoms with van der Waals surface area (Å²) in [5.74, 6) is -1.09. The molecular weight excluding hydrogens is 939 g/mol. The Kier molecular flexibility index (Phi) is 43.6. The van der Waals surface area contributed by atoms with Gasteiger partial charge in [-0.25, -0.2) is 0 Å². The molecule has 0 aliphatic heterocycles. The SMILES string of the molecule is CCCCCCCCCCCCN(CC(=O)N(CC(=O)N(CC(=O)N(CCCCCCCCCCCC)CC(=O)N(CC(N)=O)CC(CC)CCCC)CC1CCCCC1)CC(CC)CCCC)C(=O)CCCCN. The van der Waals surface area contributed by atoms with E-state index in [0.717, 1.165) is 135 Å². The lowest BCUT2D eigenvalue weighted by molar-refractivity contribution is -0.148. The van der Waals surface area contributed by atoms with Crippen molar-refractivity contribution in [1.29, 1.82) is 0 Å². The van der Waals surface area contributed by atoms with Crippen LogP contribution in [0.5, 0.6) is 0 Å². The van der Waals surface area contributed by atoms with E-state index in [2.05, 4.69) is 41.5 Å². The lowest BCUT2D eigenvalue weighted by Gasteiger charge is -2.35. The lowest BCUT2D eigenvalue weighted by Crippen LogP contribution is -2.53. The average Bonchev–Trinajstić information content (AvgIpc) is 3.40. The zero-order valence-electron chi connectivity index (χ0n) is 49.8. The minimum atomic E-state index is -0.581. The molecule has 13 heteroatoms. The van der Waals surface area contributed by atoms with Crippen molar-refractivity contribution in [3.63, 3.8) is 0 Å². The molecule has 1 fully saturated rings. The Hall–Kier alpha value is -3.22. The molecule has 13 nitrogen and oxygen atoms in total. The van der Waals surface area contributed by atoms with E-state index >= 15 is 4.79 Å². The van der Waals surface area contributed by atoms with Gasteiger partial charge in [-0.15, -0.1) is 0 Å². The summed E-state index contributed by atoms with van der Waals surface area (Å²) in [5.41, 5.74) is 11.6. The van der Waals surface area contributed by atoms with Gasteiger partial charge in [0.15, 0.2) is 0 Å². The normalized spacial score (nSPS) is 13.6. The molecule has 75 heavy (non-hydrogen) atoms. The van der Waals surface area contributed by atoms with Crippen LogP contribution in [0, 0.1) is 17.8 Å². The van der Waals surface area contributed by atoms with Crippen LogP contribution in [0.2, 0.25) is 0 Å². The predicted molar refractivity (Wildman–Crippen MR) is 312 cm³/mol. The molecule has 0 bridgehead atoms. The molecule has 0 aromatic rings. The fourth-order valence-corrected chi connectivity index (χ4v) is 10.9. The van der Waals surface area contributed by atoms with Crippen molar-refractivity contribution in [2.24, 2.45) is 29.2 Å². The molecule has 2 unspecified atom stereocenters. The van der Waals surface area contributed by atoms with Gasteiger partial charge in [-0.2, -0.15) is 0 Å². The third-order valence-electron chi connectivity index (χ3n) is 16.1. The van der Waals surface area contributed by atoms with Crippen molar-refractivity contribution in [1.82, 2.24) is 24.5 Å². The second-order valence-corrected chi connectivity index (χ2v) is 22.9. The molecule has 0 aromatic carbocycles. The molecule has 0 radical (unpaired) electrons. The third kappa shape index (κ3) is 35.0. The van der Waals surface area contributed by atoms with E-state index in [1.165, 1.54) is 83.5 Å². The molecule has 1 aliphatic carbocycles. The first kappa shape index (κ1) is 69.8. The first-order valence-electron chi connectivity index (χ1n) is 31.7. The highest BCUT2D eigenvalue weighted by Gasteiger charge is 2.31. The highest BCUT2D eigenvalue weighted by Crippen LogP contribution is 2.25. The van der Waals surface area contributed by atoms with Gasteiger partial charge in [-0.1, -0.05) is 215 Å². The summed E-state index contributed by atoms with van der Waals surface area (Å²) in [6.07, 6.45) is 37.8. The van der Waals surface area contributed by atoms with Gasteiger partial charge in [0, 0.05) is 39.1 Å². The van der Waals surface area contributed by atoms with Gasteiger partial charge in [0.25, 0.3) is 0 Å². The van der Waals surface area contributed by atoms with E-state index in [9.17, 15) is 24.0 Å². The second kappa shape index (κ2) is 46.8. The summed E-state index contributed by atoms with van der Waals surface area (Å²) >= 11 is 0. The molecule has 438 valence electrons. The number of carbonyl (C=O) groups excluding carboxylic acids is 6. The number of nitrogens with zero attached hydrogens (tertiary/aromatic N) is 5. The maximum Gasteiger partial charge on any atom is 0.242 e. The van der Waals surface area contributed by atoms with E-state index in [1.54, 1.807) is 24.5 Å². The van der Waals surface area contributed by atoms with E-state index in [-0.39, 0.29) is 80.0 Å². The minimum Gasteiger partial charge on any atom is -0.368 e. The summed E-state index contributed by atoms with van der Waals surface area (Å²) in [7, 11) is 0. The van der Waals surface area contributed by atoms with E-state index in [4.69, 9.17) is 11.5 Å². The monoisotopic (exact) mass is 1060 g/mol. The van der Waals surface area contributed by atoms with Crippen molar-refractivity contribution < 1.29 is 28.8 Å². The van der Waals surface area contributed by atoms with Gasteiger partial charge < -0.3 is 36.0 Å². The van der Waals surface area contributed by atoms with Crippen molar-refractivity contribution in [3.8, 4) is 0 Å². The van der Waals surface area contributed by atoms with Crippen LogP contribution < -0.4 is 11.5 Å². The molecule has 4 N–H and O–H groups in total. The Morgan fingerprint density at radius 1 is 0.400 bits per heavy atom. The number of primary amides is 1. The highest BCUT2D eigenvalue weighted by atomic mass is 16.2. The predicted octanol–water partition coefficient (Wildman–Crippen LogP) is 12.6. The van der Waals surface area contributed by atoms with Crippen LogP contribution in [-0.4, -0.2) is 132 Å². The number of carbonyl (C=O) groups is 6. The maximum atomic E-state index is 15.0. The topological polar surface area (TPSA) is 171 Å². The van der Waals surface area contributed by atoms with Gasteiger partial charge in [0.2, 0.25) is 35.4 Å². The van der Waals surface area contributed by atoms with Crippen LogP contribution in [0.4, 0.5) is 0 Å². The van der Waals surface area contributed by atoms with Crippen molar-refractivity contribution in [2.75, 3.05) is 72.0 Å². The van der Waals surface area contributed by atoms with Crippen LogP contribution in [-0.2, 0) is 28.8 Å². The summed E-state index contributed by atoms with van der Waals surface area (Å²) < 4.78 is 0. The van der Waals surface area contributed by atoms with Gasteiger partial charge in [-0.05, 0) is 75.7 Å². The van der Waals surface area contributed by atoms with Gasteiger partial charge in [0.1, 0.15) is 0 Å². The summed E-state index contributed by atoms with van der Waals surface area (Å²) in [6, 6.07) is 0. The van der Waals surface area contributed by atoms with E-state index < -0.39 is 5.91 Å². The van der Waals surface area contributed by atoms with E-state index in [1.807, 2.05) is 0 Å². The molecule has 0 heterocycles. The largest absolute Gasteiger partial charge is 0.368 e. The van der Waals surface area contributed by atoms with Crippen molar-refractivity contribution >= 4 is 35.4 Å². The van der Waals surface area contributed by atoms with Crippen LogP contribution >= 0.6 is 0 Å². The fourth-order valence-electron chi connectivity index (χ4n) is 10.9. The Balaban J connectivity index is 3.52. The molecule has 0 spiro atoms. The van der Waals surface area contributed by atoms with Crippen molar-refractivity contribution in [3.05, 3.63) is 0 Å². The van der Waals surface area contributed by atoms with Crippen LogP contribution in [0.1, 0.15) is 273 Å². The second-order valence-electron chi connectivity index (χ2n) is 22.9. The number of nitrogens with two attached hydrogens (primary N) is 2. The van der Waals surface area contributed by atoms with Crippen molar-refractivity contribution in [2.45, 2.75) is 273 Å². The fraction of sp³-hybridized carbons (Fsp3) is 0.903. The Morgan fingerprint density at radius 2 is 0.760 bits per heavy atom. The molecular formula is C62H119N7O6. The smallest absolute Gasteiger partial charge is 0.242 e. The van der Waals surface area contributed by atoms with Gasteiger partial charge >= 0.3 is 0 Å². The summed E-state index contributed by atoms with van der Waals surface area (Å²) in [4.78, 5) is 93.4. The third-order valence-corrected chi connectivity index (χ3v) is 16.1. The molecule has 2 atom stereocenters. The Bertz CT molecular complexity index is 1480. The number of hydrogen-bond acceptors (Lipinski definition) is 7. The molecule has 0 saturated heterocycles. The molecule has 0 aromatic heterocycles. The molecule has 1 saturated carbocycles. The Labute approximate surface area is 460 Å². The zero-order valence-corrected chi connectivity index (χ0v) is 49.8. The van der Waals surface area contributed by atoms with Crippen LogP contribution in [0.15, 0.2) is 0 Å². The first-order chi connectivity index (χ1) is 36.4. The maximum absolute atomic E-state index is 15.0. The molecule has 1 rings (SSSR count). The first-order valence-corrected chi connectivity index (χ1v) is 31.7. The van der Waals surface area contributed by atoms with Crippen LogP contribution in [0.3, 0.4) is 0 Å². The minimum absolute atomic E-state index is 0.0424. The lowest BCUT2D eigenvalue weighted by atomic mass is 9.89. The Morgan fingerprint density at radius 3 is 1.17 bits per heavy atom. The average molecular weight is 1060 g/mol. The number of rotatable bonds is 50. The molecule has 6 amide bonds. The van der Waals surface area contributed by atoms with Gasteiger partial charge in [-0.3, -0.25) is 28.8 Å². The molecule has 1 aliphatic rings. The standard InChI is InChI=1S/C62H119N7O6/c1-7-13-17-19-21-23-25-27-29-36-44-65(58(71)42-34-35-43-63)50-61(74)68(47-55(12-6)39-16-10-4)53-62(75)69(48-56-40-32-31-33-41-56)52-59(72)66(45-37-30-28-26-24-22-20-18-14-8-2)51-60(73)67(49-57(64)70)46-54(11-5)38-15-9-3/h54-56H,7-53,63H2,1-6H3,(H2,64,70). The van der Waals surface area contributed by atoms with Crippen LogP contribution in [0.25, 0.3) is 0 Å². The highest BCUT2D eigenvalue weighted by molar-refractivity contribution is 5.92. The number of hydrogen-bond donors (Lipinski definition) is 2.